The molecule has 7 amide bonds. The number of nitrogens with one attached hydrogen (secondary N) is 2. The van der Waals surface area contributed by atoms with E-state index in [0.29, 0.717) is 64.5 Å². The third-order valence-corrected chi connectivity index (χ3v) is 14.2. The summed E-state index contributed by atoms with van der Waals surface area (Å²) in [6.07, 6.45) is 6.21. The molecule has 0 bridgehead atoms. The van der Waals surface area contributed by atoms with Gasteiger partial charge in [-0.3, -0.25) is 38.5 Å². The number of ether oxygens (including phenoxy) is 3. The van der Waals surface area contributed by atoms with Crippen LogP contribution in [0.2, 0.25) is 0 Å². The molecule has 372 valence electrons. The molecular weight excluding hydrogens is 861 g/mol. The summed E-state index contributed by atoms with van der Waals surface area (Å²) in [6, 6.07) is 6.45. The molecule has 3 aliphatic rings. The Labute approximate surface area is 397 Å². The second-order valence-electron chi connectivity index (χ2n) is 19.0. The Morgan fingerprint density at radius 1 is 0.866 bits per heavy atom. The minimum absolute atomic E-state index is 0.0578. The number of carbonyl (C=O) groups excluding carboxylic acids is 8. The molecule has 0 spiro atoms. The first-order valence-corrected chi connectivity index (χ1v) is 24.0. The van der Waals surface area contributed by atoms with E-state index >= 15 is 0 Å². The van der Waals surface area contributed by atoms with Gasteiger partial charge >= 0.3 is 5.97 Å². The van der Waals surface area contributed by atoms with Crippen LogP contribution in [0.3, 0.4) is 0 Å². The number of likely N-dealkylation sites (N-methyl/N-ethyl adjacent to an activating group) is 1. The van der Waals surface area contributed by atoms with Crippen LogP contribution in [0, 0.1) is 17.8 Å². The van der Waals surface area contributed by atoms with Crippen molar-refractivity contribution in [2.75, 3.05) is 48.0 Å². The Balaban J connectivity index is 1.42. The lowest BCUT2D eigenvalue weighted by Crippen LogP contribution is -2.62. The van der Waals surface area contributed by atoms with Crippen LogP contribution in [-0.2, 0) is 59.0 Å². The molecule has 4 rings (SSSR count). The normalized spacial score (nSPS) is 21.4. The second-order valence-corrected chi connectivity index (χ2v) is 19.0. The number of hydrogen-bond acceptors (Lipinski definition) is 11. The summed E-state index contributed by atoms with van der Waals surface area (Å²) in [5.41, 5.74) is -0.315. The zero-order valence-electron chi connectivity index (χ0n) is 41.4. The van der Waals surface area contributed by atoms with Gasteiger partial charge in [0.2, 0.25) is 29.5 Å². The molecule has 3 heterocycles. The van der Waals surface area contributed by atoms with Gasteiger partial charge in [-0.15, -0.1) is 0 Å². The van der Waals surface area contributed by atoms with Crippen LogP contribution in [0.4, 0.5) is 0 Å². The minimum atomic E-state index is -1.17. The molecule has 1 aromatic carbocycles. The van der Waals surface area contributed by atoms with Crippen LogP contribution in [-0.4, -0.2) is 157 Å². The molecule has 9 unspecified atom stereocenters. The fourth-order valence-electron chi connectivity index (χ4n) is 9.93. The molecule has 0 aliphatic carbocycles. The van der Waals surface area contributed by atoms with Gasteiger partial charge in [0, 0.05) is 65.9 Å². The van der Waals surface area contributed by atoms with Crippen molar-refractivity contribution in [3.05, 3.63) is 48.0 Å². The van der Waals surface area contributed by atoms with Crippen molar-refractivity contribution in [3.63, 3.8) is 0 Å². The smallest absolute Gasteiger partial charge is 0.328 e. The van der Waals surface area contributed by atoms with Gasteiger partial charge in [-0.05, 0) is 62.8 Å². The Hall–Kier alpha value is -5.16. The van der Waals surface area contributed by atoms with E-state index in [1.807, 2.05) is 58.0 Å². The number of unbranched alkanes of at least 4 members (excludes halogenated alkanes) is 2. The van der Waals surface area contributed by atoms with E-state index in [1.54, 1.807) is 35.6 Å². The lowest BCUT2D eigenvalue weighted by Gasteiger charge is -2.41. The molecule has 2 saturated heterocycles. The van der Waals surface area contributed by atoms with Gasteiger partial charge in [-0.25, -0.2) is 4.79 Å². The maximum atomic E-state index is 14.6. The Morgan fingerprint density at radius 3 is 2.13 bits per heavy atom. The van der Waals surface area contributed by atoms with E-state index in [4.69, 9.17) is 14.2 Å². The number of carbonyl (C=O) groups is 8. The highest BCUT2D eigenvalue weighted by molar-refractivity contribution is 6.12. The van der Waals surface area contributed by atoms with E-state index in [2.05, 4.69) is 10.6 Å². The molecular formula is C50H76N6O11. The van der Waals surface area contributed by atoms with Crippen LogP contribution in [0.25, 0.3) is 0 Å². The van der Waals surface area contributed by atoms with Crippen LogP contribution in [0.5, 0.6) is 0 Å². The summed E-state index contributed by atoms with van der Waals surface area (Å²) in [6.45, 7) is 12.3. The fraction of sp³-hybridized carbons (Fsp3) is 0.680. The van der Waals surface area contributed by atoms with E-state index < -0.39 is 65.6 Å². The number of likely N-dealkylation sites (tertiary alicyclic amines) is 2. The summed E-state index contributed by atoms with van der Waals surface area (Å²) >= 11 is 0. The quantitative estimate of drug-likeness (QED) is 0.0821. The first-order valence-electron chi connectivity index (χ1n) is 24.0. The number of hydrogen-bond donors (Lipinski definition) is 2. The Morgan fingerprint density at radius 2 is 1.54 bits per heavy atom. The first-order chi connectivity index (χ1) is 31.8. The maximum absolute atomic E-state index is 14.6. The Kier molecular flexibility index (Phi) is 20.5. The van der Waals surface area contributed by atoms with Crippen LogP contribution in [0.1, 0.15) is 111 Å². The van der Waals surface area contributed by atoms with Crippen molar-refractivity contribution >= 4 is 47.3 Å². The highest BCUT2D eigenvalue weighted by atomic mass is 16.5. The fourth-order valence-corrected chi connectivity index (χ4v) is 9.93. The number of imide groups is 1. The standard InChI is InChI=1S/C50H76N6O11/c1-11-33(4)44(38(65-8)31-42(60)54-28-18-22-37(54)45(66-9)34(5)46(61)51-36(48(63)67-10)30-35-20-14-12-15-21-35)53(7)47(62)43(32(2)3)52-49(64)50(6)26-19-29-56(50)41(59)23-16-13-17-27-55-39(57)24-25-40(55)58/h12,14-15,20-21,24-25,32-34,36-38,43-45H,11,13,16-19,22-23,26-31H2,1-10H3,(H,51,61)(H,52,64). The average Bonchev–Trinajstić information content (AvgIpc) is 4.05. The molecule has 1 aromatic rings. The predicted molar refractivity (Wildman–Crippen MR) is 251 cm³/mol. The highest BCUT2D eigenvalue weighted by Gasteiger charge is 2.48. The third kappa shape index (κ3) is 13.5. The SMILES string of the molecule is CCC(C)C(C(CC(=O)N1CCCC1C(OC)C(C)C(=O)NC(Cc1ccccc1)C(=O)OC)OC)N(C)C(=O)C(NC(=O)C1(C)CCCN1C(=O)CCCCCN1C(=O)C=CC1=O)C(C)C. The zero-order valence-corrected chi connectivity index (χ0v) is 41.4. The van der Waals surface area contributed by atoms with Crippen molar-refractivity contribution in [2.45, 2.75) is 154 Å². The molecule has 2 N–H and O–H groups in total. The van der Waals surface area contributed by atoms with E-state index in [9.17, 15) is 38.4 Å². The van der Waals surface area contributed by atoms with Crippen LogP contribution < -0.4 is 10.6 Å². The number of rotatable bonds is 25. The summed E-state index contributed by atoms with van der Waals surface area (Å²) < 4.78 is 17.0. The van der Waals surface area contributed by atoms with Crippen LogP contribution >= 0.6 is 0 Å². The lowest BCUT2D eigenvalue weighted by atomic mass is 9.89. The van der Waals surface area contributed by atoms with Crippen molar-refractivity contribution < 1.29 is 52.6 Å². The number of amides is 7. The van der Waals surface area contributed by atoms with Crippen molar-refractivity contribution in [2.24, 2.45) is 17.8 Å². The van der Waals surface area contributed by atoms with Gasteiger partial charge in [0.1, 0.15) is 17.6 Å². The summed E-state index contributed by atoms with van der Waals surface area (Å²) in [5.74, 6) is -3.96. The number of benzene rings is 1. The molecule has 0 radical (unpaired) electrons. The molecule has 17 nitrogen and oxygen atoms in total. The second kappa shape index (κ2) is 25.3. The van der Waals surface area contributed by atoms with Crippen molar-refractivity contribution in [1.29, 1.82) is 0 Å². The highest BCUT2D eigenvalue weighted by Crippen LogP contribution is 2.32. The summed E-state index contributed by atoms with van der Waals surface area (Å²) in [4.78, 5) is 113. The van der Waals surface area contributed by atoms with Crippen LogP contribution in [0.15, 0.2) is 42.5 Å². The molecule has 67 heavy (non-hydrogen) atoms. The predicted octanol–water partition coefficient (Wildman–Crippen LogP) is 3.81. The van der Waals surface area contributed by atoms with Gasteiger partial charge in [0.25, 0.3) is 11.8 Å². The zero-order chi connectivity index (χ0) is 49.6. The largest absolute Gasteiger partial charge is 0.467 e. The molecule has 2 fully saturated rings. The third-order valence-electron chi connectivity index (χ3n) is 14.2. The maximum Gasteiger partial charge on any atom is 0.328 e. The number of esters is 1. The van der Waals surface area contributed by atoms with E-state index in [-0.39, 0.29) is 67.2 Å². The summed E-state index contributed by atoms with van der Waals surface area (Å²) in [7, 11) is 5.98. The molecule has 17 heteroatoms. The summed E-state index contributed by atoms with van der Waals surface area (Å²) in [5, 5.41) is 5.88. The van der Waals surface area contributed by atoms with Crippen molar-refractivity contribution in [3.8, 4) is 0 Å². The van der Waals surface area contributed by atoms with Crippen molar-refractivity contribution in [1.82, 2.24) is 30.2 Å². The first kappa shape index (κ1) is 54.4. The molecule has 0 aromatic heterocycles. The van der Waals surface area contributed by atoms with Gasteiger partial charge in [-0.1, -0.05) is 77.8 Å². The molecule has 3 aliphatic heterocycles. The monoisotopic (exact) mass is 937 g/mol. The average molecular weight is 937 g/mol. The number of nitrogens with zero attached hydrogens (tertiary/aromatic N) is 4. The molecule has 9 atom stereocenters. The molecule has 0 saturated carbocycles. The van der Waals surface area contributed by atoms with Gasteiger partial charge in [0.15, 0.2) is 0 Å². The van der Waals surface area contributed by atoms with Gasteiger partial charge in [0.05, 0.1) is 43.7 Å². The minimum Gasteiger partial charge on any atom is -0.467 e. The van der Waals surface area contributed by atoms with Gasteiger partial charge in [-0.2, -0.15) is 0 Å². The van der Waals surface area contributed by atoms with E-state index in [0.717, 1.165) is 5.56 Å². The lowest BCUT2D eigenvalue weighted by molar-refractivity contribution is -0.150. The number of methoxy groups -OCH3 is 3. The van der Waals surface area contributed by atoms with Gasteiger partial charge < -0.3 is 39.5 Å². The van der Waals surface area contributed by atoms with E-state index in [1.165, 1.54) is 38.4 Å². The Bertz CT molecular complexity index is 1910. The topological polar surface area (TPSA) is 201 Å².